The Morgan fingerprint density at radius 3 is 2.37 bits per heavy atom. The Labute approximate surface area is 159 Å². The molecule has 2 N–H and O–H groups in total. The zero-order valence-corrected chi connectivity index (χ0v) is 15.8. The van der Waals surface area contributed by atoms with Crippen molar-refractivity contribution >= 4 is 23.5 Å². The SMILES string of the molecule is CCCc1ccc(N2CC(C(=O)NC3CCC(C(=O)O)CC3)CC2=O)cc1. The zero-order valence-electron chi connectivity index (χ0n) is 15.8. The van der Waals surface area contributed by atoms with Crippen LogP contribution >= 0.6 is 0 Å². The van der Waals surface area contributed by atoms with Crippen molar-refractivity contribution in [2.24, 2.45) is 11.8 Å². The molecule has 6 heteroatoms. The first kappa shape index (κ1) is 19.4. The Bertz CT molecular complexity index is 693. The summed E-state index contributed by atoms with van der Waals surface area (Å²) in [5, 5.41) is 12.1. The molecule has 1 aromatic carbocycles. The lowest BCUT2D eigenvalue weighted by molar-refractivity contribution is -0.142. The fourth-order valence-corrected chi connectivity index (χ4v) is 4.07. The van der Waals surface area contributed by atoms with E-state index in [4.69, 9.17) is 5.11 Å². The molecule has 2 fully saturated rings. The molecule has 1 unspecified atom stereocenters. The average molecular weight is 372 g/mol. The minimum atomic E-state index is -0.748. The first-order valence-electron chi connectivity index (χ1n) is 9.90. The third-order valence-corrected chi connectivity index (χ3v) is 5.71. The normalized spacial score (nSPS) is 25.4. The molecular weight excluding hydrogens is 344 g/mol. The van der Waals surface area contributed by atoms with Gasteiger partial charge in [0, 0.05) is 24.7 Å². The van der Waals surface area contributed by atoms with Crippen molar-refractivity contribution in [3.05, 3.63) is 29.8 Å². The van der Waals surface area contributed by atoms with Crippen LogP contribution in [0.2, 0.25) is 0 Å². The molecule has 2 aliphatic rings. The van der Waals surface area contributed by atoms with Crippen molar-refractivity contribution in [1.29, 1.82) is 0 Å². The summed E-state index contributed by atoms with van der Waals surface area (Å²) in [5.74, 6) is -1.50. The topological polar surface area (TPSA) is 86.7 Å². The minimum absolute atomic E-state index is 0.0191. The second-order valence-electron chi connectivity index (χ2n) is 7.72. The molecule has 0 aromatic heterocycles. The fourth-order valence-electron chi connectivity index (χ4n) is 4.07. The van der Waals surface area contributed by atoms with Gasteiger partial charge in [0.25, 0.3) is 0 Å². The number of hydrogen-bond acceptors (Lipinski definition) is 3. The number of rotatable bonds is 6. The summed E-state index contributed by atoms with van der Waals surface area (Å²) in [6.07, 6.45) is 4.90. The molecule has 3 rings (SSSR count). The van der Waals surface area contributed by atoms with E-state index >= 15 is 0 Å². The van der Waals surface area contributed by atoms with Crippen LogP contribution in [-0.4, -0.2) is 35.5 Å². The number of hydrogen-bond donors (Lipinski definition) is 2. The predicted molar refractivity (Wildman–Crippen MR) is 102 cm³/mol. The van der Waals surface area contributed by atoms with Crippen LogP contribution in [0.15, 0.2) is 24.3 Å². The molecule has 146 valence electrons. The van der Waals surface area contributed by atoms with Crippen LogP contribution in [0.3, 0.4) is 0 Å². The molecule has 1 saturated heterocycles. The molecule has 1 saturated carbocycles. The van der Waals surface area contributed by atoms with E-state index < -0.39 is 5.97 Å². The van der Waals surface area contributed by atoms with E-state index in [0.29, 0.717) is 32.2 Å². The number of nitrogens with zero attached hydrogens (tertiary/aromatic N) is 1. The highest BCUT2D eigenvalue weighted by molar-refractivity contribution is 6.00. The third kappa shape index (κ3) is 4.67. The van der Waals surface area contributed by atoms with Crippen molar-refractivity contribution in [2.75, 3.05) is 11.4 Å². The molecule has 1 aliphatic heterocycles. The predicted octanol–water partition coefficient (Wildman–Crippen LogP) is 2.75. The van der Waals surface area contributed by atoms with Crippen LogP contribution in [0.5, 0.6) is 0 Å². The number of carbonyl (C=O) groups excluding carboxylic acids is 2. The molecule has 1 aliphatic carbocycles. The minimum Gasteiger partial charge on any atom is -0.481 e. The van der Waals surface area contributed by atoms with Crippen molar-refractivity contribution in [3.63, 3.8) is 0 Å². The van der Waals surface area contributed by atoms with Crippen molar-refractivity contribution in [1.82, 2.24) is 5.32 Å². The molecule has 2 amide bonds. The quantitative estimate of drug-likeness (QED) is 0.804. The third-order valence-electron chi connectivity index (χ3n) is 5.71. The smallest absolute Gasteiger partial charge is 0.306 e. The van der Waals surface area contributed by atoms with Crippen LogP contribution in [-0.2, 0) is 20.8 Å². The van der Waals surface area contributed by atoms with E-state index in [1.54, 1.807) is 4.90 Å². The van der Waals surface area contributed by atoms with E-state index in [0.717, 1.165) is 18.5 Å². The molecule has 6 nitrogen and oxygen atoms in total. The van der Waals surface area contributed by atoms with Gasteiger partial charge in [0.05, 0.1) is 11.8 Å². The number of carboxylic acid groups (broad SMARTS) is 1. The average Bonchev–Trinajstić information content (AvgIpc) is 3.05. The largest absolute Gasteiger partial charge is 0.481 e. The van der Waals surface area contributed by atoms with Gasteiger partial charge in [-0.25, -0.2) is 0 Å². The molecule has 1 atom stereocenters. The molecule has 0 spiro atoms. The zero-order chi connectivity index (χ0) is 19.4. The van der Waals surface area contributed by atoms with E-state index in [1.165, 1.54) is 5.56 Å². The highest BCUT2D eigenvalue weighted by Crippen LogP contribution is 2.28. The number of aryl methyl sites for hydroxylation is 1. The fraction of sp³-hybridized carbons (Fsp3) is 0.571. The molecule has 0 bridgehead atoms. The Hall–Kier alpha value is -2.37. The van der Waals surface area contributed by atoms with Gasteiger partial charge < -0.3 is 15.3 Å². The Kier molecular flexibility index (Phi) is 6.14. The van der Waals surface area contributed by atoms with Gasteiger partial charge in [-0.1, -0.05) is 25.5 Å². The highest BCUT2D eigenvalue weighted by Gasteiger charge is 2.36. The van der Waals surface area contributed by atoms with Crippen molar-refractivity contribution < 1.29 is 19.5 Å². The van der Waals surface area contributed by atoms with Gasteiger partial charge >= 0.3 is 5.97 Å². The monoisotopic (exact) mass is 372 g/mol. The number of anilines is 1. The summed E-state index contributed by atoms with van der Waals surface area (Å²) in [7, 11) is 0. The molecule has 1 aromatic rings. The lowest BCUT2D eigenvalue weighted by atomic mass is 9.86. The lowest BCUT2D eigenvalue weighted by Crippen LogP contribution is -2.42. The van der Waals surface area contributed by atoms with E-state index in [9.17, 15) is 14.4 Å². The first-order chi connectivity index (χ1) is 13.0. The van der Waals surface area contributed by atoms with E-state index in [-0.39, 0.29) is 36.1 Å². The second-order valence-corrected chi connectivity index (χ2v) is 7.72. The lowest BCUT2D eigenvalue weighted by Gasteiger charge is -2.27. The van der Waals surface area contributed by atoms with Gasteiger partial charge in [0.2, 0.25) is 11.8 Å². The maximum Gasteiger partial charge on any atom is 0.306 e. The van der Waals surface area contributed by atoms with Crippen LogP contribution in [0.4, 0.5) is 5.69 Å². The molecule has 1 heterocycles. The van der Waals surface area contributed by atoms with Crippen LogP contribution in [0.1, 0.15) is 51.0 Å². The maximum absolute atomic E-state index is 12.6. The highest BCUT2D eigenvalue weighted by atomic mass is 16.4. The number of carboxylic acids is 1. The number of aliphatic carboxylic acids is 1. The molecule has 0 radical (unpaired) electrons. The summed E-state index contributed by atoms with van der Waals surface area (Å²) in [6, 6.07) is 8.01. The maximum atomic E-state index is 12.6. The van der Waals surface area contributed by atoms with Crippen LogP contribution in [0.25, 0.3) is 0 Å². The molecule has 27 heavy (non-hydrogen) atoms. The van der Waals surface area contributed by atoms with Gasteiger partial charge in [-0.2, -0.15) is 0 Å². The Morgan fingerprint density at radius 1 is 1.11 bits per heavy atom. The number of benzene rings is 1. The number of carbonyl (C=O) groups is 3. The Balaban J connectivity index is 1.54. The summed E-state index contributed by atoms with van der Waals surface area (Å²) >= 11 is 0. The van der Waals surface area contributed by atoms with Gasteiger partial charge in [-0.05, 0) is 49.8 Å². The Morgan fingerprint density at radius 2 is 1.78 bits per heavy atom. The van der Waals surface area contributed by atoms with Crippen molar-refractivity contribution in [3.8, 4) is 0 Å². The summed E-state index contributed by atoms with van der Waals surface area (Å²) in [5.41, 5.74) is 2.09. The van der Waals surface area contributed by atoms with Crippen molar-refractivity contribution in [2.45, 2.75) is 57.9 Å². The molecular formula is C21H28N2O4. The number of amides is 2. The van der Waals surface area contributed by atoms with Gasteiger partial charge in [-0.3, -0.25) is 14.4 Å². The first-order valence-corrected chi connectivity index (χ1v) is 9.90. The van der Waals surface area contributed by atoms with E-state index in [1.807, 2.05) is 24.3 Å². The summed E-state index contributed by atoms with van der Waals surface area (Å²) in [6.45, 7) is 2.54. The van der Waals surface area contributed by atoms with Gasteiger partial charge in [0.1, 0.15) is 0 Å². The van der Waals surface area contributed by atoms with Crippen LogP contribution in [0, 0.1) is 11.8 Å². The van der Waals surface area contributed by atoms with Gasteiger partial charge in [-0.15, -0.1) is 0 Å². The van der Waals surface area contributed by atoms with Gasteiger partial charge in [0.15, 0.2) is 0 Å². The number of nitrogens with one attached hydrogen (secondary N) is 1. The summed E-state index contributed by atoms with van der Waals surface area (Å²) < 4.78 is 0. The standard InChI is InChI=1S/C21H28N2O4/c1-2-3-14-4-10-18(11-5-14)23-13-16(12-19(23)24)20(25)22-17-8-6-15(7-9-17)21(26)27/h4-5,10-11,15-17H,2-3,6-9,12-13H2,1H3,(H,22,25)(H,26,27). The van der Waals surface area contributed by atoms with E-state index in [2.05, 4.69) is 12.2 Å². The summed E-state index contributed by atoms with van der Waals surface area (Å²) in [4.78, 5) is 37.7. The van der Waals surface area contributed by atoms with Crippen LogP contribution < -0.4 is 10.2 Å². The second kappa shape index (κ2) is 8.55.